The number of rotatable bonds is 3. The van der Waals surface area contributed by atoms with Crippen LogP contribution in [0.5, 0.6) is 5.75 Å². The van der Waals surface area contributed by atoms with E-state index in [9.17, 15) is 15.2 Å². The van der Waals surface area contributed by atoms with Gasteiger partial charge in [-0.25, -0.2) is 0 Å². The van der Waals surface area contributed by atoms with Crippen LogP contribution in [0.25, 0.3) is 6.08 Å². The number of hydrogen-bond donors (Lipinski definition) is 2. The second-order valence-corrected chi connectivity index (χ2v) is 5.00. The lowest BCUT2D eigenvalue weighted by Gasteiger charge is -2.08. The molecular weight excluding hydrogens is 276 g/mol. The normalized spacial score (nSPS) is 10.9. The van der Waals surface area contributed by atoms with Crippen molar-refractivity contribution in [2.45, 2.75) is 13.8 Å². The molecule has 0 atom stereocenters. The Labute approximate surface area is 129 Å². The summed E-state index contributed by atoms with van der Waals surface area (Å²) < 4.78 is 0. The van der Waals surface area contributed by atoms with E-state index in [2.05, 4.69) is 5.32 Å². The van der Waals surface area contributed by atoms with E-state index in [1.54, 1.807) is 24.3 Å². The summed E-state index contributed by atoms with van der Waals surface area (Å²) in [6, 6.07) is 14.1. The van der Waals surface area contributed by atoms with Crippen molar-refractivity contribution in [1.82, 2.24) is 0 Å². The second kappa shape index (κ2) is 6.59. The summed E-state index contributed by atoms with van der Waals surface area (Å²) in [6.07, 6.45) is 1.37. The topological polar surface area (TPSA) is 73.1 Å². The van der Waals surface area contributed by atoms with Gasteiger partial charge in [-0.05, 0) is 37.6 Å². The first-order valence-corrected chi connectivity index (χ1v) is 6.79. The fraction of sp³-hybridized carbons (Fsp3) is 0.111. The summed E-state index contributed by atoms with van der Waals surface area (Å²) in [5.41, 5.74) is 3.04. The van der Waals surface area contributed by atoms with Crippen molar-refractivity contribution < 1.29 is 9.90 Å². The fourth-order valence-electron chi connectivity index (χ4n) is 2.06. The van der Waals surface area contributed by atoms with E-state index < -0.39 is 5.91 Å². The summed E-state index contributed by atoms with van der Waals surface area (Å²) in [5.74, 6) is -0.479. The van der Waals surface area contributed by atoms with Gasteiger partial charge < -0.3 is 10.4 Å². The number of phenolic OH excluding ortho intramolecular Hbond substituents is 1. The average molecular weight is 292 g/mol. The van der Waals surface area contributed by atoms with Crippen molar-refractivity contribution in [3.63, 3.8) is 0 Å². The highest BCUT2D eigenvalue weighted by Crippen LogP contribution is 2.20. The van der Waals surface area contributed by atoms with E-state index >= 15 is 0 Å². The Bertz CT molecular complexity index is 786. The summed E-state index contributed by atoms with van der Waals surface area (Å²) >= 11 is 0. The smallest absolute Gasteiger partial charge is 0.266 e. The van der Waals surface area contributed by atoms with Gasteiger partial charge in [0, 0.05) is 11.3 Å². The van der Waals surface area contributed by atoms with E-state index in [0.29, 0.717) is 11.3 Å². The first-order chi connectivity index (χ1) is 10.5. The molecule has 0 heterocycles. The number of amides is 1. The highest BCUT2D eigenvalue weighted by Gasteiger charge is 2.11. The van der Waals surface area contributed by atoms with Crippen molar-refractivity contribution in [2.24, 2.45) is 0 Å². The SMILES string of the molecule is Cc1ccc(NC(=O)/C(C#N)=C\c2ccccc2O)c(C)c1. The molecule has 0 aromatic heterocycles. The van der Waals surface area contributed by atoms with Crippen LogP contribution in [-0.4, -0.2) is 11.0 Å². The highest BCUT2D eigenvalue weighted by atomic mass is 16.3. The van der Waals surface area contributed by atoms with Gasteiger partial charge in [0.25, 0.3) is 5.91 Å². The van der Waals surface area contributed by atoms with Gasteiger partial charge in [0.1, 0.15) is 17.4 Å². The molecule has 0 fully saturated rings. The van der Waals surface area contributed by atoms with Crippen LogP contribution in [0.4, 0.5) is 5.69 Å². The molecule has 0 aliphatic heterocycles. The highest BCUT2D eigenvalue weighted by molar-refractivity contribution is 6.10. The van der Waals surface area contributed by atoms with Gasteiger partial charge in [-0.3, -0.25) is 4.79 Å². The van der Waals surface area contributed by atoms with Crippen LogP contribution >= 0.6 is 0 Å². The second-order valence-electron chi connectivity index (χ2n) is 5.00. The Kier molecular flexibility index (Phi) is 4.60. The number of nitrogens with one attached hydrogen (secondary N) is 1. The predicted molar refractivity (Wildman–Crippen MR) is 86.2 cm³/mol. The van der Waals surface area contributed by atoms with Crippen LogP contribution in [0.1, 0.15) is 16.7 Å². The molecule has 110 valence electrons. The molecule has 2 rings (SSSR count). The number of aromatic hydroxyl groups is 1. The number of para-hydroxylation sites is 1. The van der Waals surface area contributed by atoms with Gasteiger partial charge in [-0.15, -0.1) is 0 Å². The number of aryl methyl sites for hydroxylation is 2. The molecule has 2 aromatic rings. The number of hydrogen-bond acceptors (Lipinski definition) is 3. The number of carbonyl (C=O) groups is 1. The van der Waals surface area contributed by atoms with Crippen LogP contribution in [0.15, 0.2) is 48.0 Å². The number of carbonyl (C=O) groups excluding carboxylic acids is 1. The Morgan fingerprint density at radius 2 is 1.95 bits per heavy atom. The Morgan fingerprint density at radius 1 is 1.23 bits per heavy atom. The van der Waals surface area contributed by atoms with E-state index in [1.165, 1.54) is 12.1 Å². The Morgan fingerprint density at radius 3 is 2.59 bits per heavy atom. The predicted octanol–water partition coefficient (Wildman–Crippen LogP) is 3.55. The number of nitrogens with zero attached hydrogens (tertiary/aromatic N) is 1. The molecule has 0 saturated heterocycles. The Hall–Kier alpha value is -3.06. The quantitative estimate of drug-likeness (QED) is 0.671. The maximum atomic E-state index is 12.2. The zero-order valence-corrected chi connectivity index (χ0v) is 12.4. The van der Waals surface area contributed by atoms with Gasteiger partial charge in [0.15, 0.2) is 0 Å². The van der Waals surface area contributed by atoms with Crippen molar-refractivity contribution in [3.05, 3.63) is 64.7 Å². The monoisotopic (exact) mass is 292 g/mol. The van der Waals surface area contributed by atoms with Gasteiger partial charge in [-0.2, -0.15) is 5.26 Å². The number of nitriles is 1. The molecular formula is C18H16N2O2. The van der Waals surface area contributed by atoms with Crippen molar-refractivity contribution in [1.29, 1.82) is 5.26 Å². The molecule has 2 aromatic carbocycles. The van der Waals surface area contributed by atoms with Crippen LogP contribution < -0.4 is 5.32 Å². The fourth-order valence-corrected chi connectivity index (χ4v) is 2.06. The van der Waals surface area contributed by atoms with Crippen molar-refractivity contribution in [2.75, 3.05) is 5.32 Å². The van der Waals surface area contributed by atoms with Gasteiger partial charge >= 0.3 is 0 Å². The molecule has 4 nitrogen and oxygen atoms in total. The van der Waals surface area contributed by atoms with Crippen molar-refractivity contribution in [3.8, 4) is 11.8 Å². The minimum absolute atomic E-state index is 0.0227. The zero-order chi connectivity index (χ0) is 16.1. The Balaban J connectivity index is 2.27. The average Bonchev–Trinajstić information content (AvgIpc) is 2.49. The third-order valence-corrected chi connectivity index (χ3v) is 3.23. The first-order valence-electron chi connectivity index (χ1n) is 6.79. The number of anilines is 1. The molecule has 2 N–H and O–H groups in total. The third kappa shape index (κ3) is 3.53. The van der Waals surface area contributed by atoms with E-state index in [-0.39, 0.29) is 11.3 Å². The van der Waals surface area contributed by atoms with Crippen molar-refractivity contribution >= 4 is 17.7 Å². The summed E-state index contributed by atoms with van der Waals surface area (Å²) in [7, 11) is 0. The lowest BCUT2D eigenvalue weighted by Crippen LogP contribution is -2.14. The molecule has 22 heavy (non-hydrogen) atoms. The van der Waals surface area contributed by atoms with Crippen LogP contribution in [-0.2, 0) is 4.79 Å². The van der Waals surface area contributed by atoms with Crippen LogP contribution in [0.3, 0.4) is 0 Å². The maximum Gasteiger partial charge on any atom is 0.266 e. The molecule has 0 radical (unpaired) electrons. The minimum atomic E-state index is -0.502. The molecule has 1 amide bonds. The summed E-state index contributed by atoms with van der Waals surface area (Å²) in [4.78, 5) is 12.2. The molecule has 0 saturated carbocycles. The third-order valence-electron chi connectivity index (χ3n) is 3.23. The largest absolute Gasteiger partial charge is 0.507 e. The van der Waals surface area contributed by atoms with Crippen LogP contribution in [0, 0.1) is 25.2 Å². The number of phenols is 1. The molecule has 0 aliphatic carbocycles. The van der Waals surface area contributed by atoms with Gasteiger partial charge in [0.05, 0.1) is 0 Å². The summed E-state index contributed by atoms with van der Waals surface area (Å²) in [6.45, 7) is 3.86. The maximum absolute atomic E-state index is 12.2. The number of benzene rings is 2. The minimum Gasteiger partial charge on any atom is -0.507 e. The van der Waals surface area contributed by atoms with Crippen LogP contribution in [0.2, 0.25) is 0 Å². The standard InChI is InChI=1S/C18H16N2O2/c1-12-7-8-16(13(2)9-12)20-18(22)15(11-19)10-14-5-3-4-6-17(14)21/h3-10,21H,1-2H3,(H,20,22)/b15-10-. The van der Waals surface area contributed by atoms with E-state index in [1.807, 2.05) is 32.0 Å². The lowest BCUT2D eigenvalue weighted by atomic mass is 10.1. The molecule has 0 bridgehead atoms. The van der Waals surface area contributed by atoms with E-state index in [0.717, 1.165) is 11.1 Å². The summed E-state index contributed by atoms with van der Waals surface area (Å²) in [5, 5.41) is 21.6. The zero-order valence-electron chi connectivity index (χ0n) is 12.4. The lowest BCUT2D eigenvalue weighted by molar-refractivity contribution is -0.112. The van der Waals surface area contributed by atoms with Gasteiger partial charge in [0.2, 0.25) is 0 Å². The molecule has 0 spiro atoms. The molecule has 0 unspecified atom stereocenters. The molecule has 0 aliphatic rings. The van der Waals surface area contributed by atoms with Gasteiger partial charge in [-0.1, -0.05) is 35.9 Å². The van der Waals surface area contributed by atoms with E-state index in [4.69, 9.17) is 0 Å². The molecule has 4 heteroatoms. The first kappa shape index (κ1) is 15.3.